The molecule has 0 spiro atoms. The minimum Gasteiger partial charge on any atom is -0.497 e. The molecule has 1 aromatic carbocycles. The van der Waals surface area contributed by atoms with Crippen LogP contribution in [-0.2, 0) is 26.2 Å². The van der Waals surface area contributed by atoms with Crippen molar-refractivity contribution in [3.63, 3.8) is 0 Å². The summed E-state index contributed by atoms with van der Waals surface area (Å²) < 4.78 is 44.2. The molecule has 11 heteroatoms. The zero-order valence-electron chi connectivity index (χ0n) is 14.8. The fourth-order valence-electron chi connectivity index (χ4n) is 2.33. The largest absolute Gasteiger partial charge is 0.497 e. The van der Waals surface area contributed by atoms with E-state index in [1.807, 2.05) is 24.3 Å². The smallest absolute Gasteiger partial charge is 0.451 e. The van der Waals surface area contributed by atoms with Gasteiger partial charge in [0.25, 0.3) is 0 Å². The molecule has 2 N–H and O–H groups in total. The Morgan fingerprint density at radius 1 is 1.19 bits per heavy atom. The monoisotopic (exact) mass is 387 g/mol. The number of carbonyl (C=O) groups is 1. The van der Waals surface area contributed by atoms with Gasteiger partial charge in [0.2, 0.25) is 5.82 Å². The van der Waals surface area contributed by atoms with Crippen LogP contribution in [0.3, 0.4) is 0 Å². The van der Waals surface area contributed by atoms with Crippen molar-refractivity contribution in [1.82, 2.24) is 25.0 Å². The van der Waals surface area contributed by atoms with Crippen LogP contribution in [0.5, 0.6) is 5.75 Å². The highest BCUT2D eigenvalue weighted by Crippen LogP contribution is 2.25. The summed E-state index contributed by atoms with van der Waals surface area (Å²) in [6.45, 7) is 0.164. The van der Waals surface area contributed by atoms with Crippen molar-refractivity contribution in [2.75, 3.05) is 20.2 Å². The molecule has 0 aliphatic rings. The van der Waals surface area contributed by atoms with Crippen molar-refractivity contribution in [3.8, 4) is 5.75 Å². The highest BCUT2D eigenvalue weighted by Gasteiger charge is 2.37. The van der Waals surface area contributed by atoms with E-state index in [0.717, 1.165) is 18.4 Å². The third-order valence-corrected chi connectivity index (χ3v) is 3.76. The van der Waals surface area contributed by atoms with Gasteiger partial charge in [-0.05, 0) is 24.1 Å². The first-order valence-corrected chi connectivity index (χ1v) is 8.08. The molecule has 8 nitrogen and oxygen atoms in total. The summed E-state index contributed by atoms with van der Waals surface area (Å²) in [7, 11) is 2.57. The van der Waals surface area contributed by atoms with Gasteiger partial charge in [-0.3, -0.25) is 4.57 Å². The quantitative estimate of drug-likeness (QED) is 0.746. The standard InChI is InChI=1S/C16H20F3N5O3/c1-23-13(16(17,18)19)22-24(15(23)26)10-9-21-14(25)20-8-7-11-3-5-12(27-2)6-4-11/h3-6H,7-10H2,1-2H3,(H2,20,21,25). The molecule has 1 aromatic heterocycles. The fourth-order valence-corrected chi connectivity index (χ4v) is 2.33. The maximum atomic E-state index is 12.7. The molecule has 1 heterocycles. The number of methoxy groups -OCH3 is 1. The molecular weight excluding hydrogens is 367 g/mol. The number of alkyl halides is 3. The van der Waals surface area contributed by atoms with Gasteiger partial charge in [0, 0.05) is 20.1 Å². The molecular formula is C16H20F3N5O3. The lowest BCUT2D eigenvalue weighted by molar-refractivity contribution is -0.147. The number of hydrogen-bond donors (Lipinski definition) is 2. The van der Waals surface area contributed by atoms with E-state index < -0.39 is 23.7 Å². The molecule has 0 radical (unpaired) electrons. The number of nitrogens with one attached hydrogen (secondary N) is 2. The number of urea groups is 1. The molecule has 2 rings (SSSR count). The molecule has 148 valence electrons. The third kappa shape index (κ3) is 5.50. The maximum absolute atomic E-state index is 12.7. The number of ether oxygens (including phenoxy) is 1. The summed E-state index contributed by atoms with van der Waals surface area (Å²) >= 11 is 0. The normalized spacial score (nSPS) is 11.3. The van der Waals surface area contributed by atoms with Gasteiger partial charge in [-0.15, -0.1) is 5.10 Å². The predicted octanol–water partition coefficient (Wildman–Crippen LogP) is 1.15. The number of hydrogen-bond acceptors (Lipinski definition) is 4. The lowest BCUT2D eigenvalue weighted by atomic mass is 10.1. The second kappa shape index (κ2) is 8.60. The minimum atomic E-state index is -4.72. The molecule has 0 bridgehead atoms. The second-order valence-corrected chi connectivity index (χ2v) is 5.67. The van der Waals surface area contributed by atoms with Gasteiger partial charge in [0.05, 0.1) is 13.7 Å². The Hall–Kier alpha value is -2.98. The molecule has 0 aliphatic carbocycles. The van der Waals surface area contributed by atoms with E-state index in [-0.39, 0.29) is 13.1 Å². The lowest BCUT2D eigenvalue weighted by Gasteiger charge is -2.08. The van der Waals surface area contributed by atoms with Crippen molar-refractivity contribution < 1.29 is 22.7 Å². The van der Waals surface area contributed by atoms with Crippen LogP contribution >= 0.6 is 0 Å². The first-order chi connectivity index (χ1) is 12.7. The van der Waals surface area contributed by atoms with Crippen LogP contribution in [0, 0.1) is 0 Å². The zero-order chi connectivity index (χ0) is 20.0. The van der Waals surface area contributed by atoms with Crippen molar-refractivity contribution in [3.05, 3.63) is 46.1 Å². The topological polar surface area (TPSA) is 90.2 Å². The van der Waals surface area contributed by atoms with Crippen molar-refractivity contribution in [2.24, 2.45) is 7.05 Å². The molecule has 27 heavy (non-hydrogen) atoms. The van der Waals surface area contributed by atoms with E-state index in [1.54, 1.807) is 7.11 Å². The minimum absolute atomic E-state index is 0.0391. The Kier molecular flexibility index (Phi) is 6.48. The average Bonchev–Trinajstić information content (AvgIpc) is 2.91. The molecule has 2 aromatic rings. The van der Waals surface area contributed by atoms with Gasteiger partial charge < -0.3 is 15.4 Å². The summed E-state index contributed by atoms with van der Waals surface area (Å²) in [6, 6.07) is 6.90. The molecule has 0 unspecified atom stereocenters. The SMILES string of the molecule is COc1ccc(CCNC(=O)NCCn2nc(C(F)(F)F)n(C)c2=O)cc1. The van der Waals surface area contributed by atoms with Crippen LogP contribution in [0.2, 0.25) is 0 Å². The molecule has 0 saturated carbocycles. The van der Waals surface area contributed by atoms with E-state index in [0.29, 0.717) is 22.2 Å². The average molecular weight is 387 g/mol. The van der Waals surface area contributed by atoms with Gasteiger partial charge in [-0.2, -0.15) is 13.2 Å². The zero-order valence-corrected chi connectivity index (χ0v) is 14.8. The van der Waals surface area contributed by atoms with Gasteiger partial charge in [0.1, 0.15) is 5.75 Å². The van der Waals surface area contributed by atoms with Crippen molar-refractivity contribution in [1.29, 1.82) is 0 Å². The van der Waals surface area contributed by atoms with E-state index in [9.17, 15) is 22.8 Å². The Morgan fingerprint density at radius 2 is 1.81 bits per heavy atom. The van der Waals surface area contributed by atoms with Gasteiger partial charge in [-0.1, -0.05) is 12.1 Å². The lowest BCUT2D eigenvalue weighted by Crippen LogP contribution is -2.39. The molecule has 0 fully saturated rings. The van der Waals surface area contributed by atoms with Crippen molar-refractivity contribution in [2.45, 2.75) is 19.1 Å². The van der Waals surface area contributed by atoms with Crippen LogP contribution < -0.4 is 21.1 Å². The number of carbonyl (C=O) groups excluding carboxylic acids is 1. The number of halogens is 3. The van der Waals surface area contributed by atoms with Crippen LogP contribution in [0.4, 0.5) is 18.0 Å². The number of rotatable bonds is 7. The summed E-state index contributed by atoms with van der Waals surface area (Å²) in [6.07, 6.45) is -4.11. The van der Waals surface area contributed by atoms with E-state index in [1.165, 1.54) is 0 Å². The summed E-state index contributed by atoms with van der Waals surface area (Å²) in [4.78, 5) is 23.4. The Balaban J connectivity index is 1.75. The van der Waals surface area contributed by atoms with E-state index in [2.05, 4.69) is 15.7 Å². The van der Waals surface area contributed by atoms with E-state index >= 15 is 0 Å². The highest BCUT2D eigenvalue weighted by atomic mass is 19.4. The van der Waals surface area contributed by atoms with Crippen LogP contribution in [0.15, 0.2) is 29.1 Å². The number of nitrogens with zero attached hydrogens (tertiary/aromatic N) is 3. The Bertz CT molecular complexity index is 827. The molecule has 0 atom stereocenters. The van der Waals surface area contributed by atoms with Gasteiger partial charge >= 0.3 is 17.9 Å². The van der Waals surface area contributed by atoms with Crippen LogP contribution in [0.25, 0.3) is 0 Å². The van der Waals surface area contributed by atoms with Crippen molar-refractivity contribution >= 4 is 6.03 Å². The number of aromatic nitrogens is 3. The van der Waals surface area contributed by atoms with Gasteiger partial charge in [-0.25, -0.2) is 14.3 Å². The van der Waals surface area contributed by atoms with Crippen LogP contribution in [-0.4, -0.2) is 40.6 Å². The van der Waals surface area contributed by atoms with Crippen LogP contribution in [0.1, 0.15) is 11.4 Å². The summed E-state index contributed by atoms with van der Waals surface area (Å²) in [5, 5.41) is 8.35. The summed E-state index contributed by atoms with van der Waals surface area (Å²) in [5.41, 5.74) is 0.111. The van der Waals surface area contributed by atoms with Gasteiger partial charge in [0.15, 0.2) is 0 Å². The van der Waals surface area contributed by atoms with E-state index in [4.69, 9.17) is 4.74 Å². The first kappa shape index (κ1) is 20.3. The Labute approximate surface area is 152 Å². The number of amides is 2. The highest BCUT2D eigenvalue weighted by molar-refractivity contribution is 5.73. The Morgan fingerprint density at radius 3 is 2.37 bits per heavy atom. The molecule has 2 amide bonds. The first-order valence-electron chi connectivity index (χ1n) is 8.08. The third-order valence-electron chi connectivity index (χ3n) is 3.76. The molecule has 0 aliphatic heterocycles. The fraction of sp³-hybridized carbons (Fsp3) is 0.438. The number of benzene rings is 1. The second-order valence-electron chi connectivity index (χ2n) is 5.67. The summed E-state index contributed by atoms with van der Waals surface area (Å²) in [5.74, 6) is -0.542. The molecule has 0 saturated heterocycles. The predicted molar refractivity (Wildman–Crippen MR) is 90.6 cm³/mol. The maximum Gasteiger partial charge on any atom is 0.451 e.